The van der Waals surface area contributed by atoms with Gasteiger partial charge in [-0.05, 0) is 32.0 Å². The summed E-state index contributed by atoms with van der Waals surface area (Å²) in [5.41, 5.74) is 0.677. The molecule has 0 aliphatic carbocycles. The number of nitrogens with one attached hydrogen (secondary N) is 1. The highest BCUT2D eigenvalue weighted by atomic mass is 19.1. The van der Waals surface area contributed by atoms with Gasteiger partial charge in [-0.3, -0.25) is 4.79 Å². The summed E-state index contributed by atoms with van der Waals surface area (Å²) in [6, 6.07) is 4.33. The van der Waals surface area contributed by atoms with Crippen molar-refractivity contribution in [2.45, 2.75) is 19.4 Å². The van der Waals surface area contributed by atoms with E-state index in [9.17, 15) is 9.18 Å². The van der Waals surface area contributed by atoms with E-state index in [1.807, 2.05) is 6.92 Å². The van der Waals surface area contributed by atoms with Crippen LogP contribution in [-0.4, -0.2) is 31.6 Å². The number of halogens is 1. The fraction of sp³-hybridized carbons (Fsp3) is 0.500. The molecule has 1 amide bonds. The number of ether oxygens (including phenoxy) is 1. The van der Waals surface area contributed by atoms with E-state index < -0.39 is 0 Å². The number of carbonyl (C=O) groups is 1. The van der Waals surface area contributed by atoms with Crippen LogP contribution in [-0.2, 0) is 4.79 Å². The third-order valence-electron chi connectivity index (χ3n) is 3.66. The number of anilines is 1. The summed E-state index contributed by atoms with van der Waals surface area (Å²) in [5.74, 6) is 0.233. The van der Waals surface area contributed by atoms with Gasteiger partial charge in [-0.25, -0.2) is 4.39 Å². The molecule has 0 spiro atoms. The molecule has 2 atom stereocenters. The van der Waals surface area contributed by atoms with Crippen LogP contribution in [0, 0.1) is 11.7 Å². The first-order chi connectivity index (χ1) is 9.15. The molecular weight excluding hydrogens is 247 g/mol. The second-order valence-corrected chi connectivity index (χ2v) is 5.18. The predicted molar refractivity (Wildman–Crippen MR) is 69.8 cm³/mol. The number of amides is 1. The van der Waals surface area contributed by atoms with Gasteiger partial charge in [0.1, 0.15) is 17.7 Å². The number of hydrogen-bond acceptors (Lipinski definition) is 3. The van der Waals surface area contributed by atoms with E-state index in [4.69, 9.17) is 4.74 Å². The van der Waals surface area contributed by atoms with Crippen molar-refractivity contribution in [3.63, 3.8) is 0 Å². The Balaban J connectivity index is 1.92. The lowest BCUT2D eigenvalue weighted by molar-refractivity contribution is -0.122. The highest BCUT2D eigenvalue weighted by molar-refractivity contribution is 5.97. The maximum atomic E-state index is 13.3. The van der Waals surface area contributed by atoms with Crippen molar-refractivity contribution in [2.75, 3.05) is 24.5 Å². The summed E-state index contributed by atoms with van der Waals surface area (Å²) < 4.78 is 18.9. The summed E-state index contributed by atoms with van der Waals surface area (Å²) in [7, 11) is 0. The maximum Gasteiger partial charge on any atom is 0.231 e. The van der Waals surface area contributed by atoms with Gasteiger partial charge < -0.3 is 15.0 Å². The first-order valence-corrected chi connectivity index (χ1v) is 6.63. The number of nitrogens with zero attached hydrogens (tertiary/aromatic N) is 1. The fourth-order valence-corrected chi connectivity index (χ4v) is 2.71. The second kappa shape index (κ2) is 4.81. The zero-order valence-corrected chi connectivity index (χ0v) is 10.9. The molecule has 0 saturated carbocycles. The SMILES string of the molecule is C[C@H]1CN(C(=O)[C@H]2CCNC2)c2ccc(F)cc2O1. The number of hydrogen-bond donors (Lipinski definition) is 1. The molecular formula is C14H17FN2O2. The van der Waals surface area contributed by atoms with Gasteiger partial charge >= 0.3 is 0 Å². The minimum atomic E-state index is -0.345. The van der Waals surface area contributed by atoms with Crippen LogP contribution in [0.15, 0.2) is 18.2 Å². The second-order valence-electron chi connectivity index (χ2n) is 5.18. The molecule has 102 valence electrons. The fourth-order valence-electron chi connectivity index (χ4n) is 2.71. The zero-order chi connectivity index (χ0) is 13.4. The van der Waals surface area contributed by atoms with Gasteiger partial charge in [0, 0.05) is 12.6 Å². The highest BCUT2D eigenvalue weighted by Gasteiger charge is 2.33. The van der Waals surface area contributed by atoms with Crippen LogP contribution in [0.3, 0.4) is 0 Å². The van der Waals surface area contributed by atoms with Crippen molar-refractivity contribution >= 4 is 11.6 Å². The maximum absolute atomic E-state index is 13.3. The lowest BCUT2D eigenvalue weighted by atomic mass is 10.1. The third-order valence-corrected chi connectivity index (χ3v) is 3.66. The highest BCUT2D eigenvalue weighted by Crippen LogP contribution is 2.35. The molecule has 19 heavy (non-hydrogen) atoms. The Morgan fingerprint density at radius 2 is 2.37 bits per heavy atom. The molecule has 2 heterocycles. The first kappa shape index (κ1) is 12.4. The van der Waals surface area contributed by atoms with Gasteiger partial charge in [-0.1, -0.05) is 0 Å². The summed E-state index contributed by atoms with van der Waals surface area (Å²) in [6.45, 7) is 4.02. The van der Waals surface area contributed by atoms with Crippen molar-refractivity contribution in [1.29, 1.82) is 0 Å². The van der Waals surface area contributed by atoms with Crippen molar-refractivity contribution in [1.82, 2.24) is 5.32 Å². The molecule has 0 bridgehead atoms. The largest absolute Gasteiger partial charge is 0.487 e. The normalized spacial score (nSPS) is 25.9. The molecule has 1 aromatic carbocycles. The minimum absolute atomic E-state index is 0.0169. The van der Waals surface area contributed by atoms with Crippen LogP contribution in [0.25, 0.3) is 0 Å². The lowest BCUT2D eigenvalue weighted by Gasteiger charge is -2.34. The summed E-state index contributed by atoms with van der Waals surface area (Å²) in [5, 5.41) is 3.20. The van der Waals surface area contributed by atoms with E-state index in [2.05, 4.69) is 5.32 Å². The Bertz CT molecular complexity index is 500. The lowest BCUT2D eigenvalue weighted by Crippen LogP contribution is -2.45. The molecule has 0 unspecified atom stereocenters. The smallest absolute Gasteiger partial charge is 0.231 e. The Labute approximate surface area is 111 Å². The average molecular weight is 264 g/mol. The monoisotopic (exact) mass is 264 g/mol. The van der Waals surface area contributed by atoms with Gasteiger partial charge in [-0.2, -0.15) is 0 Å². The molecule has 1 fully saturated rings. The van der Waals surface area contributed by atoms with Crippen LogP contribution in [0.5, 0.6) is 5.75 Å². The Hall–Kier alpha value is -1.62. The van der Waals surface area contributed by atoms with Crippen LogP contribution in [0.1, 0.15) is 13.3 Å². The van der Waals surface area contributed by atoms with E-state index >= 15 is 0 Å². The number of rotatable bonds is 1. The van der Waals surface area contributed by atoms with E-state index in [0.717, 1.165) is 19.5 Å². The van der Waals surface area contributed by atoms with Gasteiger partial charge in [-0.15, -0.1) is 0 Å². The standard InChI is InChI=1S/C14H17FN2O2/c1-9-8-17(14(18)10-4-5-16-7-10)12-3-2-11(15)6-13(12)19-9/h2-3,6,9-10,16H,4-5,7-8H2,1H3/t9-,10-/m0/s1. The third kappa shape index (κ3) is 2.30. The van der Waals surface area contributed by atoms with E-state index in [0.29, 0.717) is 18.0 Å². The molecule has 1 N–H and O–H groups in total. The first-order valence-electron chi connectivity index (χ1n) is 6.63. The zero-order valence-electron chi connectivity index (χ0n) is 10.9. The Morgan fingerprint density at radius 1 is 1.53 bits per heavy atom. The molecule has 1 saturated heterocycles. The molecule has 0 aromatic heterocycles. The van der Waals surface area contributed by atoms with Crippen molar-refractivity contribution in [2.24, 2.45) is 5.92 Å². The van der Waals surface area contributed by atoms with Crippen molar-refractivity contribution in [3.8, 4) is 5.75 Å². The van der Waals surface area contributed by atoms with Crippen molar-refractivity contribution < 1.29 is 13.9 Å². The average Bonchev–Trinajstić information content (AvgIpc) is 2.90. The quantitative estimate of drug-likeness (QED) is 0.836. The Kier molecular flexibility index (Phi) is 3.14. The molecule has 0 radical (unpaired) electrons. The molecule has 2 aliphatic rings. The molecule has 4 nitrogen and oxygen atoms in total. The molecule has 1 aromatic rings. The number of fused-ring (bicyclic) bond motifs is 1. The van der Waals surface area contributed by atoms with Crippen LogP contribution in [0.4, 0.5) is 10.1 Å². The molecule has 5 heteroatoms. The summed E-state index contributed by atoms with van der Waals surface area (Å²) >= 11 is 0. The van der Waals surface area contributed by atoms with Gasteiger partial charge in [0.15, 0.2) is 0 Å². The summed E-state index contributed by atoms with van der Waals surface area (Å²) in [6.07, 6.45) is 0.744. The summed E-state index contributed by atoms with van der Waals surface area (Å²) in [4.78, 5) is 14.3. The van der Waals surface area contributed by atoms with E-state index in [1.165, 1.54) is 12.1 Å². The van der Waals surface area contributed by atoms with E-state index in [1.54, 1.807) is 11.0 Å². The van der Waals surface area contributed by atoms with Crippen LogP contribution < -0.4 is 15.0 Å². The number of benzene rings is 1. The van der Waals surface area contributed by atoms with Gasteiger partial charge in [0.2, 0.25) is 5.91 Å². The predicted octanol–water partition coefficient (Wildman–Crippen LogP) is 1.55. The van der Waals surface area contributed by atoms with Crippen molar-refractivity contribution in [3.05, 3.63) is 24.0 Å². The number of carbonyl (C=O) groups excluding carboxylic acids is 1. The van der Waals surface area contributed by atoms with Gasteiger partial charge in [0.25, 0.3) is 0 Å². The molecule has 3 rings (SSSR count). The Morgan fingerprint density at radius 3 is 3.11 bits per heavy atom. The molecule has 2 aliphatic heterocycles. The van der Waals surface area contributed by atoms with Crippen LogP contribution >= 0.6 is 0 Å². The van der Waals surface area contributed by atoms with Gasteiger partial charge in [0.05, 0.1) is 18.2 Å². The topological polar surface area (TPSA) is 41.6 Å². The van der Waals surface area contributed by atoms with E-state index in [-0.39, 0.29) is 23.7 Å². The van der Waals surface area contributed by atoms with Crippen LogP contribution in [0.2, 0.25) is 0 Å². The minimum Gasteiger partial charge on any atom is -0.487 e.